The van der Waals surface area contributed by atoms with Gasteiger partial charge in [-0.3, -0.25) is 34.7 Å². The summed E-state index contributed by atoms with van der Waals surface area (Å²) in [5, 5.41) is 63.5. The molecular weight excluding hydrogens is 1640 g/mol. The van der Waals surface area contributed by atoms with Gasteiger partial charge in [-0.1, -0.05) is 86.1 Å². The number of aliphatic hydroxyl groups excluding tert-OH is 3. The molecule has 2 saturated heterocycles. The highest BCUT2D eigenvalue weighted by Crippen LogP contribution is 2.43. The van der Waals surface area contributed by atoms with E-state index in [9.17, 15) is 65.6 Å². The van der Waals surface area contributed by atoms with Gasteiger partial charge in [0, 0.05) is 58.6 Å². The van der Waals surface area contributed by atoms with Gasteiger partial charge in [0.15, 0.2) is 0 Å². The average molecular weight is 1760 g/mol. The third kappa shape index (κ3) is 29.9. The Bertz CT molecular complexity index is 4840. The predicted molar refractivity (Wildman–Crippen MR) is 456 cm³/mol. The van der Waals surface area contributed by atoms with Gasteiger partial charge >= 0.3 is 38.0 Å². The molecular formula is C93H116F6N10O17. The number of halogens is 6. The topological polar surface area (TPSA) is 339 Å². The van der Waals surface area contributed by atoms with Crippen LogP contribution >= 0.6 is 0 Å². The number of hydrogen-bond donors (Lipinski definition) is 7. The van der Waals surface area contributed by atoms with E-state index in [1.165, 1.54) is 72.8 Å². The number of aliphatic hydroxyl groups is 3. The molecule has 5 heterocycles. The molecule has 12 rings (SSSR count). The molecule has 1 saturated carbocycles. The van der Waals surface area contributed by atoms with Gasteiger partial charge in [-0.05, 0) is 248 Å². The molecule has 0 spiro atoms. The van der Waals surface area contributed by atoms with Crippen molar-refractivity contribution < 1.29 is 109 Å². The number of nitrogens with one attached hydrogen (secondary N) is 3. The van der Waals surface area contributed by atoms with E-state index in [-0.39, 0.29) is 52.6 Å². The SMILES string of the molecule is CC(C)(C)OC(=O)N1C(Cc2ccc(C(=O)O)cc2)CCC1C(O)c1ccc(OC(F)F)cc1.CCCc1cc(COC)[nH]n1.COCc1cc(CN(C)C(=O)c2ccc(CC3CCC(C(O)c4ccc(OC(F)F)cc4)C3)cc2)[nH]n1.COCc1cc(CN(C)C(=O)c2ccc(CC3CCC(C(O)c4ccc(OC(F)F)cc4)N3C(=O)OC(C)(C)C)cc2)[nH]n1. The first-order chi connectivity index (χ1) is 60.0. The molecule has 3 aliphatic rings. The maximum Gasteiger partial charge on any atom is 0.410 e. The van der Waals surface area contributed by atoms with E-state index in [0.717, 1.165) is 89.4 Å². The van der Waals surface area contributed by atoms with Crippen molar-refractivity contribution in [1.82, 2.24) is 50.2 Å². The highest BCUT2D eigenvalue weighted by Gasteiger charge is 2.45. The van der Waals surface area contributed by atoms with Crippen molar-refractivity contribution in [3.63, 3.8) is 0 Å². The zero-order chi connectivity index (χ0) is 91.5. The second-order valence-electron chi connectivity index (χ2n) is 33.5. The lowest BCUT2D eigenvalue weighted by molar-refractivity contribution is -0.0505. The highest BCUT2D eigenvalue weighted by atomic mass is 19.3. The Balaban J connectivity index is 0.000000202. The van der Waals surface area contributed by atoms with Gasteiger partial charge in [0.05, 0.1) is 103 Å². The minimum absolute atomic E-state index is 0.0186. The largest absolute Gasteiger partial charge is 0.478 e. The molecule has 3 fully saturated rings. The number of aromatic amines is 3. The molecule has 682 valence electrons. The quantitative estimate of drug-likeness (QED) is 0.0188. The smallest absolute Gasteiger partial charge is 0.410 e. The van der Waals surface area contributed by atoms with Crippen molar-refractivity contribution in [3.8, 4) is 17.2 Å². The Morgan fingerprint density at radius 1 is 0.452 bits per heavy atom. The number of amides is 4. The lowest BCUT2D eigenvalue weighted by Gasteiger charge is -2.35. The van der Waals surface area contributed by atoms with Gasteiger partial charge in [-0.2, -0.15) is 41.6 Å². The van der Waals surface area contributed by atoms with Crippen molar-refractivity contribution in [2.24, 2.45) is 11.8 Å². The number of aromatic carboxylic acids is 1. The van der Waals surface area contributed by atoms with Gasteiger partial charge in [-0.15, -0.1) is 0 Å². The molecule has 6 aromatic carbocycles. The molecule has 126 heavy (non-hydrogen) atoms. The molecule has 7 N–H and O–H groups in total. The normalized spacial score (nSPS) is 17.6. The predicted octanol–water partition coefficient (Wildman–Crippen LogP) is 17.1. The first-order valence-corrected chi connectivity index (χ1v) is 41.8. The van der Waals surface area contributed by atoms with Gasteiger partial charge < -0.3 is 68.1 Å². The van der Waals surface area contributed by atoms with E-state index in [1.807, 2.05) is 54.6 Å². The van der Waals surface area contributed by atoms with E-state index in [1.54, 1.807) is 133 Å². The zero-order valence-electron chi connectivity index (χ0n) is 73.0. The van der Waals surface area contributed by atoms with Gasteiger partial charge in [0.1, 0.15) is 28.5 Å². The van der Waals surface area contributed by atoms with Gasteiger partial charge in [-0.25, -0.2) is 14.4 Å². The van der Waals surface area contributed by atoms with Crippen LogP contribution in [0.2, 0.25) is 0 Å². The number of hydrogen-bond acceptors (Lipinski definition) is 19. The van der Waals surface area contributed by atoms with Crippen LogP contribution in [0.5, 0.6) is 17.2 Å². The van der Waals surface area contributed by atoms with Gasteiger partial charge in [0.2, 0.25) is 0 Å². The fourth-order valence-corrected chi connectivity index (χ4v) is 15.7. The highest BCUT2D eigenvalue weighted by molar-refractivity contribution is 5.94. The average Bonchev–Trinajstić information content (AvgIpc) is 1.64. The Morgan fingerprint density at radius 3 is 1.16 bits per heavy atom. The van der Waals surface area contributed by atoms with Crippen molar-refractivity contribution in [3.05, 3.63) is 248 Å². The van der Waals surface area contributed by atoms with Gasteiger partial charge in [0.25, 0.3) is 11.8 Å². The molecule has 4 amide bonds. The first kappa shape index (κ1) is 98.4. The number of carbonyl (C=O) groups is 5. The number of carboxylic acid groups (broad SMARTS) is 1. The number of ether oxygens (including phenoxy) is 8. The van der Waals surface area contributed by atoms with Crippen LogP contribution in [-0.2, 0) is 82.3 Å². The molecule has 1 aliphatic carbocycles. The number of rotatable bonds is 33. The Kier molecular flexibility index (Phi) is 36.5. The van der Waals surface area contributed by atoms with E-state index in [2.05, 4.69) is 51.7 Å². The number of benzene rings is 6. The summed E-state index contributed by atoms with van der Waals surface area (Å²) in [6, 6.07) is 43.2. The molecule has 0 radical (unpaired) electrons. The van der Waals surface area contributed by atoms with Crippen LogP contribution in [0.25, 0.3) is 0 Å². The zero-order valence-corrected chi connectivity index (χ0v) is 73.0. The molecule has 0 bridgehead atoms. The molecule has 9 unspecified atom stereocenters. The van der Waals surface area contributed by atoms with Crippen LogP contribution in [0, 0.1) is 11.8 Å². The molecule has 9 atom stereocenters. The lowest BCUT2D eigenvalue weighted by atomic mass is 9.91. The minimum atomic E-state index is -2.95. The van der Waals surface area contributed by atoms with Crippen molar-refractivity contribution in [2.75, 3.05) is 35.4 Å². The molecule has 3 aromatic heterocycles. The summed E-state index contributed by atoms with van der Waals surface area (Å²) >= 11 is 0. The third-order valence-corrected chi connectivity index (χ3v) is 21.4. The van der Waals surface area contributed by atoms with Crippen LogP contribution in [-0.4, -0.2) is 191 Å². The summed E-state index contributed by atoms with van der Waals surface area (Å²) in [4.78, 5) is 70.0. The second kappa shape index (κ2) is 46.7. The van der Waals surface area contributed by atoms with Crippen molar-refractivity contribution >= 4 is 30.0 Å². The lowest BCUT2D eigenvalue weighted by Crippen LogP contribution is -2.47. The number of carboxylic acids is 1. The summed E-state index contributed by atoms with van der Waals surface area (Å²) in [5.74, 6) is -0.636. The summed E-state index contributed by atoms with van der Waals surface area (Å²) in [6.07, 6.45) is 5.19. The van der Waals surface area contributed by atoms with Crippen molar-refractivity contribution in [1.29, 1.82) is 0 Å². The van der Waals surface area contributed by atoms with E-state index < -0.39 is 79.6 Å². The molecule has 2 aliphatic heterocycles. The Labute approximate surface area is 730 Å². The van der Waals surface area contributed by atoms with E-state index >= 15 is 0 Å². The first-order valence-electron chi connectivity index (χ1n) is 41.8. The summed E-state index contributed by atoms with van der Waals surface area (Å²) in [5.41, 5.74) is 9.78. The van der Waals surface area contributed by atoms with E-state index in [4.69, 9.17) is 28.8 Å². The number of alkyl halides is 6. The van der Waals surface area contributed by atoms with Crippen LogP contribution in [0.4, 0.5) is 35.9 Å². The molecule has 9 aromatic rings. The summed E-state index contributed by atoms with van der Waals surface area (Å²) < 4.78 is 114. The number of carbonyl (C=O) groups excluding carboxylic acids is 4. The summed E-state index contributed by atoms with van der Waals surface area (Å²) in [6.45, 7) is 6.19. The molecule has 33 heteroatoms. The Hall–Kier alpha value is -11.4. The Morgan fingerprint density at radius 2 is 0.802 bits per heavy atom. The number of likely N-dealkylation sites (tertiary alicyclic amines) is 2. The maximum absolute atomic E-state index is 13.4. The fraction of sp³-hybridized carbons (Fsp3) is 0.462. The monoisotopic (exact) mass is 1760 g/mol. The fourth-order valence-electron chi connectivity index (χ4n) is 15.7. The standard InChI is InChI=1S/C32H40F2N4O6.C28H33F2N3O4.C25H29F2NO6.C8H14N2O/c1-32(2,3)44-31(41)38-25(12-15-27(38)28(39)21-10-13-26(14-11-21)43-30(33)34)16-20-6-8-22(9-7-20)29(40)37(4)18-23-17-24(19-42-5)36-35-23;1-33(16-23-15-24(17-36-2)32-31-23)27(35)21-6-3-18(4-7-21)13-19-5-8-22(14-19)26(34)20-9-11-25(12-10-20)37-28(29)30;1-25(2,3)34-24(32)28-18(14-15-4-6-17(7-5-15)22(30)31)10-13-20(28)21(29)16-8-11-19(12-9-16)33-23(26)27;1-3-4-7-5-8(6-11-2)10-9-7/h6-11,13-14,17,25,27-28,30,39H,12,15-16,18-19H2,1-5H3,(H,35,36);3-4,6-7,9-12,15,19,22,26,28,34H,5,8,13-14,16-17H2,1-2H3,(H,31,32);4-9,11-12,18,20-21,23,29H,10,13-14H2,1-3H3,(H,30,31);5H,3-4,6H2,1-2H3,(H,9,10). The van der Waals surface area contributed by atoms with Crippen LogP contribution < -0.4 is 14.2 Å². The van der Waals surface area contributed by atoms with Crippen LogP contribution in [0.3, 0.4) is 0 Å². The number of methoxy groups -OCH3 is 3. The van der Waals surface area contributed by atoms with Crippen molar-refractivity contribution in [2.45, 2.75) is 232 Å². The van der Waals surface area contributed by atoms with E-state index in [0.29, 0.717) is 105 Å². The maximum atomic E-state index is 13.4. The number of aromatic nitrogens is 6. The number of nitrogens with zero attached hydrogens (tertiary/aromatic N) is 7. The minimum Gasteiger partial charge on any atom is -0.478 e. The van der Waals surface area contributed by atoms with Crippen LogP contribution in [0.1, 0.15) is 217 Å². The number of H-pyrrole nitrogens is 3. The third-order valence-electron chi connectivity index (χ3n) is 21.4. The second-order valence-corrected chi connectivity index (χ2v) is 33.5. The number of aryl methyl sites for hydroxylation is 1. The molecule has 27 nitrogen and oxygen atoms in total. The summed E-state index contributed by atoms with van der Waals surface area (Å²) in [7, 11) is 8.36. The van der Waals surface area contributed by atoms with Crippen LogP contribution in [0.15, 0.2) is 164 Å².